The van der Waals surface area contributed by atoms with E-state index in [0.717, 1.165) is 45.3 Å². The van der Waals surface area contributed by atoms with Crippen molar-refractivity contribution in [2.24, 2.45) is 0 Å². The molecule has 47 heteroatoms. The molecule has 148 heavy (non-hydrogen) atoms. The summed E-state index contributed by atoms with van der Waals surface area (Å²) in [5.74, 6) is 3.12. The van der Waals surface area contributed by atoms with Gasteiger partial charge in [-0.1, -0.05) is 164 Å². The second-order valence-corrected chi connectivity index (χ2v) is 40.3. The average molecular weight is 2180 g/mol. The zero-order chi connectivity index (χ0) is 108. The fourth-order valence-corrected chi connectivity index (χ4v) is 17.5. The van der Waals surface area contributed by atoms with E-state index >= 15 is 0 Å². The molecule has 7 aromatic carbocycles. The number of anilines is 1. The Bertz CT molecular complexity index is 8470. The number of carbonyl (C=O) groups excluding carboxylic acids is 2. The van der Waals surface area contributed by atoms with Crippen LogP contribution >= 0.6 is 104 Å². The molecule has 2 amide bonds. The van der Waals surface area contributed by atoms with Gasteiger partial charge in [0.2, 0.25) is 0 Å². The molecule has 6 aromatic heterocycles. The van der Waals surface area contributed by atoms with Crippen LogP contribution < -0.4 is 67.7 Å². The predicted octanol–water partition coefficient (Wildman–Crippen LogP) is 17.2. The Kier molecular flexibility index (Phi) is 44.3. The zero-order valence-electron chi connectivity index (χ0n) is 79.3. The number of aryl methyl sites for hydroxylation is 3. The van der Waals surface area contributed by atoms with Crippen LogP contribution in [0.25, 0.3) is 60.8 Å². The van der Waals surface area contributed by atoms with Crippen LogP contribution in [0.3, 0.4) is 0 Å². The summed E-state index contributed by atoms with van der Waals surface area (Å²) in [6.45, 7) is 9.73. The number of hydrogen-bond donors (Lipinski definition) is 16. The van der Waals surface area contributed by atoms with Gasteiger partial charge >= 0.3 is 0 Å². The highest BCUT2D eigenvalue weighted by Gasteiger charge is 2.28. The maximum Gasteiger partial charge on any atom is 0.283 e. The van der Waals surface area contributed by atoms with E-state index < -0.39 is 45.0 Å². The average Bonchev–Trinajstić information content (AvgIpc) is 1.65. The Balaban J connectivity index is 0.000000198. The first kappa shape index (κ1) is 115. The number of hydrogen-bond acceptors (Lipinski definition) is 30. The summed E-state index contributed by atoms with van der Waals surface area (Å²) in [5.41, 5.74) is 7.46. The third-order valence-electron chi connectivity index (χ3n) is 20.3. The van der Waals surface area contributed by atoms with Crippen molar-refractivity contribution in [1.29, 1.82) is 26.3 Å². The second kappa shape index (κ2) is 56.9. The number of aromatic nitrogens is 12. The Labute approximate surface area is 883 Å². The molecule has 1 aliphatic rings. The maximum absolute atomic E-state index is 12.2. The number of aromatic amines is 12. The van der Waals surface area contributed by atoms with Crippen LogP contribution in [0.5, 0.6) is 28.7 Å². The lowest BCUT2D eigenvalue weighted by Crippen LogP contribution is -2.17. The molecule has 1 aliphatic heterocycles. The van der Waals surface area contributed by atoms with Crippen LogP contribution in [0.2, 0.25) is 0 Å². The molecule has 0 spiro atoms. The van der Waals surface area contributed by atoms with Crippen molar-refractivity contribution < 1.29 is 56.3 Å². The van der Waals surface area contributed by atoms with Gasteiger partial charge in [-0.2, -0.15) is 26.3 Å². The molecule has 0 saturated carbocycles. The van der Waals surface area contributed by atoms with Gasteiger partial charge in [0.05, 0.1) is 72.5 Å². The van der Waals surface area contributed by atoms with E-state index in [4.69, 9.17) is 118 Å². The number of H-pyrrole nitrogens is 12. The minimum Gasteiger partial charge on any atom is -0.493 e. The van der Waals surface area contributed by atoms with Crippen LogP contribution in [0, 0.1) is 92.2 Å². The number of amides is 2. The summed E-state index contributed by atoms with van der Waals surface area (Å²) in [6, 6.07) is 59.1. The van der Waals surface area contributed by atoms with Crippen LogP contribution in [-0.4, -0.2) is 160 Å². The standard InChI is InChI=1S/C21H17N3OS2.C19H16N4O4S2.C16H15N3O4S.C16H16N3O3PS.C16H15N3O3S2.C13H13N3O3S/c1-14-6-2-5-9-19(14)27-13-16-8-4-3-7-15(16)10-11-18-17(12-22)20(25)24-21(26)23-18;1-10-15(29-19(25)21-10)9-27-16-11(4-3-5-14(16)26-2)6-7-13-12(8-20)17(24)23-18(28)22-13;1-22-13-4-2-3-10(14(13)23-8-7-20)5-6-12-11(9-17)15(21)19-16(24)18-12;1-23(21,22)9-8-12-5-3-2-4-11(12)6-7-14-13(10-17)15(20)19-16(24)18-14;1-24(21,22)9-8-12-5-3-2-4-11(12)6-7-14-13(10-17)15(20)19-16(23)18-14;1-2-19-9-6-4-3-5-8(9)12(18)14-10-7-11(17)16-13(20)15-10/h2-11H,13H2,1H3,(H2,23,24,25,26);3-7,15H,1,9H2,2H3,(H,21,25)(H2,22,23,24,28);2-6,20H,7-8H2,1H3,(H2,18,19,21,24);2-7H,8-9H2,1H3,(H,21,22)(H2,18,19,20,24);2-7H,8-9H2,1H3,(H2,18,19,20,23);3-7H,2H2,1H3,(H3,14,15,16,17,18,20)/b11-10+;7-6+;6-5+;2*7-6+;. The number of sulfone groups is 1. The lowest BCUT2D eigenvalue weighted by atomic mass is 10.0. The van der Waals surface area contributed by atoms with Crippen LogP contribution in [0.15, 0.2) is 210 Å². The summed E-state index contributed by atoms with van der Waals surface area (Å²) in [6.07, 6.45) is 19.0. The molecule has 7 heterocycles. The molecule has 14 rings (SSSR count). The summed E-state index contributed by atoms with van der Waals surface area (Å²) >= 11 is 32.5. The first-order valence-corrected chi connectivity index (χ1v) is 52.3. The van der Waals surface area contributed by atoms with Crippen molar-refractivity contribution in [1.82, 2.24) is 65.1 Å². The highest BCUT2D eigenvalue weighted by atomic mass is 32.2. The normalized spacial score (nSPS) is 12.2. The molecular weight excluding hydrogens is 2090 g/mol. The predicted molar refractivity (Wildman–Crippen MR) is 588 cm³/mol. The lowest BCUT2D eigenvalue weighted by molar-refractivity contribution is 0.102. The third kappa shape index (κ3) is 35.3. The number of nitrogens with zero attached hydrogens (tertiary/aromatic N) is 5. The zero-order valence-corrected chi connectivity index (χ0v) is 87.5. The smallest absolute Gasteiger partial charge is 0.283 e. The Morgan fingerprint density at radius 1 is 0.493 bits per heavy atom. The molecular formula is C101H92N19O18PS9. The van der Waals surface area contributed by atoms with E-state index in [2.05, 4.69) is 102 Å². The molecule has 0 bridgehead atoms. The highest BCUT2D eigenvalue weighted by Crippen LogP contribution is 2.38. The highest BCUT2D eigenvalue weighted by molar-refractivity contribution is 8.14. The number of benzene rings is 7. The molecule has 37 nitrogen and oxygen atoms in total. The van der Waals surface area contributed by atoms with Crippen molar-refractivity contribution in [2.45, 2.75) is 42.6 Å². The van der Waals surface area contributed by atoms with E-state index in [1.165, 1.54) is 49.2 Å². The number of ether oxygens (including phenoxy) is 5. The van der Waals surface area contributed by atoms with Crippen LogP contribution in [0.1, 0.15) is 124 Å². The molecule has 16 N–H and O–H groups in total. The molecule has 0 radical (unpaired) electrons. The first-order chi connectivity index (χ1) is 70.8. The van der Waals surface area contributed by atoms with E-state index in [1.54, 1.807) is 127 Å². The number of aliphatic hydroxyl groups is 1. The molecule has 1 fully saturated rings. The lowest BCUT2D eigenvalue weighted by Gasteiger charge is -2.15. The minimum atomic E-state index is -3.09. The molecule has 758 valence electrons. The number of nitriles is 5. The van der Waals surface area contributed by atoms with Gasteiger partial charge in [0, 0.05) is 52.6 Å². The number of aliphatic hydroxyl groups excluding tert-OH is 1. The number of carbonyl (C=O) groups is 2. The molecule has 13 aromatic rings. The SMILES string of the molecule is C=C1NC(=O)SC1COc1c(/C=C/c2[nH]c(=S)[nH]c(=O)c2C#N)cccc1OC.CCOc1ccccc1C(=O)Nc1cc(=O)[nH]c(=S)[nH]1.COc1cccc(/C=C/c2[nH]c(=S)[nH]c(=O)c2C#N)c1OCCO.CP(=O)(O)CCc1ccccc1/C=C/c1[nH]c(=S)[nH]c(=O)c1C#N.CS(=O)(=O)CCc1ccccc1/C=C/c1[nH]c(=S)[nH]c(=O)c1C#N.Cc1ccccc1SCc1ccccc1/C=C/c1[nH]c(=S)[nH]c(=O)c1C#N. The van der Waals surface area contributed by atoms with E-state index in [0.29, 0.717) is 93.4 Å². The topological polar surface area (TPSA) is 607 Å². The van der Waals surface area contributed by atoms with Crippen molar-refractivity contribution in [3.8, 4) is 59.1 Å². The number of rotatable bonds is 31. The quantitative estimate of drug-likeness (QED) is 0.0109. The van der Waals surface area contributed by atoms with Gasteiger partial charge in [-0.15, -0.1) is 11.8 Å². The van der Waals surface area contributed by atoms with Gasteiger partial charge in [-0.25, -0.2) is 8.42 Å². The van der Waals surface area contributed by atoms with Gasteiger partial charge in [0.1, 0.15) is 92.8 Å². The van der Waals surface area contributed by atoms with Crippen molar-refractivity contribution in [2.75, 3.05) is 70.8 Å². The Morgan fingerprint density at radius 3 is 1.26 bits per heavy atom. The fraction of sp³-hybridized carbons (Fsp3) is 0.158. The van der Waals surface area contributed by atoms with Crippen LogP contribution in [0.4, 0.5) is 10.6 Å². The van der Waals surface area contributed by atoms with Crippen molar-refractivity contribution >= 4 is 192 Å². The van der Waals surface area contributed by atoms with Gasteiger partial charge < -0.3 is 74.2 Å². The van der Waals surface area contributed by atoms with Gasteiger partial charge in [0.25, 0.3) is 44.5 Å². The molecule has 2 unspecified atom stereocenters. The molecule has 2 atom stereocenters. The van der Waals surface area contributed by atoms with Gasteiger partial charge in [-0.05, 0) is 212 Å². The largest absolute Gasteiger partial charge is 0.493 e. The maximum atomic E-state index is 12.2. The first-order valence-electron chi connectivity index (χ1n) is 43.7. The number of methoxy groups -OCH3 is 2. The molecule has 0 aliphatic carbocycles. The summed E-state index contributed by atoms with van der Waals surface area (Å²) in [7, 11) is -3.12. The minimum absolute atomic E-state index is 0.0200. The number of nitrogens with one attached hydrogen (secondary N) is 14. The van der Waals surface area contributed by atoms with Crippen molar-refractivity contribution in [3.63, 3.8) is 0 Å². The number of thioether (sulfide) groups is 2. The van der Waals surface area contributed by atoms with E-state index in [-0.39, 0.29) is 122 Å². The Morgan fingerprint density at radius 2 is 0.865 bits per heavy atom. The monoisotopic (exact) mass is 2180 g/mol. The van der Waals surface area contributed by atoms with E-state index in [9.17, 15) is 66.8 Å². The third-order valence-corrected chi connectivity index (χ3v) is 25.7. The second-order valence-electron chi connectivity index (χ2n) is 30.8. The fourth-order valence-electron chi connectivity index (χ4n) is 13.2. The molecule has 1 saturated heterocycles. The summed E-state index contributed by atoms with van der Waals surface area (Å²) in [5, 5.41) is 59.5. The Hall–Kier alpha value is -16.2. The van der Waals surface area contributed by atoms with Crippen molar-refractivity contribution in [3.05, 3.63) is 379 Å². The van der Waals surface area contributed by atoms with Gasteiger partial charge in [-0.3, -0.25) is 72.8 Å². The summed E-state index contributed by atoms with van der Waals surface area (Å²) < 4.78 is 62.5. The van der Waals surface area contributed by atoms with Crippen LogP contribution in [-0.2, 0) is 33.0 Å². The van der Waals surface area contributed by atoms with Gasteiger partial charge in [0.15, 0.2) is 59.0 Å². The number of para-hydroxylation sites is 3. The summed E-state index contributed by atoms with van der Waals surface area (Å²) in [4.78, 5) is 135. The van der Waals surface area contributed by atoms with E-state index in [1.807, 2.05) is 122 Å².